The largest absolute Gasteiger partial charge is 0.310 e. The summed E-state index contributed by atoms with van der Waals surface area (Å²) >= 11 is 0. The molecule has 0 N–H and O–H groups in total. The fourth-order valence-corrected chi connectivity index (χ4v) is 13.8. The van der Waals surface area contributed by atoms with Crippen LogP contribution in [-0.2, 0) is 0 Å². The molecule has 0 aliphatic rings. The van der Waals surface area contributed by atoms with Crippen LogP contribution in [0.3, 0.4) is 0 Å². The van der Waals surface area contributed by atoms with E-state index >= 15 is 0 Å². The fraction of sp³-hybridized carbons (Fsp3) is 0. The average molecular weight is 1150 g/mol. The maximum absolute atomic E-state index is 2.44. The maximum atomic E-state index is 2.44. The summed E-state index contributed by atoms with van der Waals surface area (Å²) in [5.74, 6) is 0. The highest BCUT2D eigenvalue weighted by Crippen LogP contribution is 2.47. The lowest BCUT2D eigenvalue weighted by Gasteiger charge is -2.28. The number of fused-ring (bicyclic) bond motifs is 11. The quantitative estimate of drug-likeness (QED) is 0.113. The second-order valence-electron chi connectivity index (χ2n) is 23.3. The summed E-state index contributed by atoms with van der Waals surface area (Å²) in [6, 6.07) is 129. The summed E-state index contributed by atoms with van der Waals surface area (Å²) in [5.41, 5.74) is 13.3. The molecule has 4 heteroatoms. The molecule has 0 unspecified atom stereocenters. The van der Waals surface area contributed by atoms with E-state index in [1.165, 1.54) is 86.2 Å². The molecule has 4 nitrogen and oxygen atoms in total. The molecule has 0 aliphatic heterocycles. The van der Waals surface area contributed by atoms with Gasteiger partial charge in [-0.05, 0) is 209 Å². The Morgan fingerprint density at radius 1 is 0.122 bits per heavy atom. The number of anilines is 12. The highest BCUT2D eigenvalue weighted by molar-refractivity contribution is 6.14. The normalized spacial score (nSPS) is 11.6. The molecule has 17 aromatic carbocycles. The number of hydrogen-bond acceptors (Lipinski definition) is 4. The number of benzene rings is 17. The van der Waals surface area contributed by atoms with Crippen molar-refractivity contribution in [2.45, 2.75) is 0 Å². The number of hydrogen-bond donors (Lipinski definition) is 0. The van der Waals surface area contributed by atoms with Crippen molar-refractivity contribution >= 4 is 154 Å². The zero-order chi connectivity index (χ0) is 59.5. The number of para-hydroxylation sites is 4. The van der Waals surface area contributed by atoms with Crippen molar-refractivity contribution in [2.24, 2.45) is 0 Å². The van der Waals surface area contributed by atoms with Crippen LogP contribution in [0.5, 0.6) is 0 Å². The van der Waals surface area contributed by atoms with Crippen LogP contribution in [-0.4, -0.2) is 0 Å². The Morgan fingerprint density at radius 2 is 0.344 bits per heavy atom. The summed E-state index contributed by atoms with van der Waals surface area (Å²) in [7, 11) is 0. The van der Waals surface area contributed by atoms with Crippen molar-refractivity contribution in [1.29, 1.82) is 0 Å². The fourth-order valence-electron chi connectivity index (χ4n) is 13.8. The van der Waals surface area contributed by atoms with Gasteiger partial charge >= 0.3 is 0 Å². The Bertz CT molecular complexity index is 5140. The zero-order valence-corrected chi connectivity index (χ0v) is 49.3. The first-order valence-corrected chi connectivity index (χ1v) is 30.9. The van der Waals surface area contributed by atoms with Gasteiger partial charge in [0, 0.05) is 67.6 Å². The molecule has 0 fully saturated rings. The van der Waals surface area contributed by atoms with E-state index in [9.17, 15) is 0 Å². The predicted molar refractivity (Wildman–Crippen MR) is 385 cm³/mol. The lowest BCUT2D eigenvalue weighted by atomic mass is 9.98. The van der Waals surface area contributed by atoms with Crippen LogP contribution in [0, 0.1) is 0 Å². The maximum Gasteiger partial charge on any atom is 0.0540 e. The third-order valence-corrected chi connectivity index (χ3v) is 18.0. The smallest absolute Gasteiger partial charge is 0.0540 e. The van der Waals surface area contributed by atoms with Gasteiger partial charge in [0.05, 0.1) is 11.4 Å². The predicted octanol–water partition coefficient (Wildman–Crippen LogP) is 24.8. The molecule has 17 aromatic rings. The van der Waals surface area contributed by atoms with Gasteiger partial charge in [0.1, 0.15) is 0 Å². The molecular formula is C86H58N4. The molecule has 422 valence electrons. The van der Waals surface area contributed by atoms with Crippen LogP contribution in [0.4, 0.5) is 68.2 Å². The van der Waals surface area contributed by atoms with E-state index in [4.69, 9.17) is 0 Å². The summed E-state index contributed by atoms with van der Waals surface area (Å²) in [4.78, 5) is 9.54. The Kier molecular flexibility index (Phi) is 12.8. The summed E-state index contributed by atoms with van der Waals surface area (Å²) < 4.78 is 0. The third-order valence-electron chi connectivity index (χ3n) is 18.0. The average Bonchev–Trinajstić information content (AvgIpc) is 0.922. The Labute approximate surface area is 522 Å². The van der Waals surface area contributed by atoms with Crippen LogP contribution in [0.2, 0.25) is 0 Å². The highest BCUT2D eigenvalue weighted by atomic mass is 15.2. The molecule has 17 rings (SSSR count). The number of rotatable bonds is 12. The van der Waals surface area contributed by atoms with Crippen LogP contribution < -0.4 is 19.6 Å². The van der Waals surface area contributed by atoms with Crippen LogP contribution in [0.25, 0.3) is 86.2 Å². The molecular weight excluding hydrogens is 1090 g/mol. The summed E-state index contributed by atoms with van der Waals surface area (Å²) in [6.07, 6.45) is 0. The molecule has 0 aliphatic carbocycles. The van der Waals surface area contributed by atoms with E-state index in [0.717, 1.165) is 68.2 Å². The lowest BCUT2D eigenvalue weighted by Crippen LogP contribution is -2.11. The minimum absolute atomic E-state index is 1.09. The molecule has 0 saturated carbocycles. The first kappa shape index (κ1) is 52.4. The monoisotopic (exact) mass is 1150 g/mol. The standard InChI is InChI=1S/C86H58N4/c1-5-23-67(24-6-1)87(68-25-7-2-8-26-68)71-41-47-77-61(53-71)35-37-63-55-73(43-49-79(63)77)89(85-33-17-21-59-19-13-15-31-83(59)85)75-45-51-81-65(57-75)39-40-66-58-76(46-52-82(66)81)90(86-34-18-22-60-20-14-16-32-84(60)86)74-44-50-80-64(56-74)38-36-62-54-72(42-48-78(62)80)88(69-27-9-3-10-28-69)70-29-11-4-12-30-70/h1-58H. The minimum Gasteiger partial charge on any atom is -0.310 e. The number of nitrogens with zero attached hydrogens (tertiary/aromatic N) is 4. The molecule has 0 radical (unpaired) electrons. The van der Waals surface area contributed by atoms with Crippen molar-refractivity contribution in [3.63, 3.8) is 0 Å². The van der Waals surface area contributed by atoms with E-state index < -0.39 is 0 Å². The topological polar surface area (TPSA) is 13.0 Å². The molecule has 0 heterocycles. The van der Waals surface area contributed by atoms with E-state index in [2.05, 4.69) is 371 Å². The van der Waals surface area contributed by atoms with Gasteiger partial charge in [-0.25, -0.2) is 0 Å². The molecule has 0 amide bonds. The van der Waals surface area contributed by atoms with Gasteiger partial charge in [0.25, 0.3) is 0 Å². The van der Waals surface area contributed by atoms with E-state index in [1.54, 1.807) is 0 Å². The Morgan fingerprint density at radius 3 is 0.611 bits per heavy atom. The van der Waals surface area contributed by atoms with Crippen molar-refractivity contribution in [3.8, 4) is 0 Å². The van der Waals surface area contributed by atoms with E-state index in [-0.39, 0.29) is 0 Å². The van der Waals surface area contributed by atoms with Gasteiger partial charge in [-0.3, -0.25) is 0 Å². The molecule has 90 heavy (non-hydrogen) atoms. The van der Waals surface area contributed by atoms with Crippen LogP contribution in [0.1, 0.15) is 0 Å². The van der Waals surface area contributed by atoms with Crippen molar-refractivity contribution < 1.29 is 0 Å². The first-order valence-electron chi connectivity index (χ1n) is 30.9. The Hall–Kier alpha value is -12.0. The molecule has 0 bridgehead atoms. The molecule has 0 spiro atoms. The second kappa shape index (κ2) is 22.1. The van der Waals surface area contributed by atoms with Gasteiger partial charge < -0.3 is 19.6 Å². The van der Waals surface area contributed by atoms with Gasteiger partial charge in [0.15, 0.2) is 0 Å². The molecule has 0 aromatic heterocycles. The van der Waals surface area contributed by atoms with Gasteiger partial charge in [-0.2, -0.15) is 0 Å². The van der Waals surface area contributed by atoms with Crippen LogP contribution in [0.15, 0.2) is 352 Å². The van der Waals surface area contributed by atoms with Crippen molar-refractivity contribution in [1.82, 2.24) is 0 Å². The highest BCUT2D eigenvalue weighted by Gasteiger charge is 2.22. The zero-order valence-electron chi connectivity index (χ0n) is 49.3. The van der Waals surface area contributed by atoms with E-state index in [0.29, 0.717) is 0 Å². The van der Waals surface area contributed by atoms with Crippen molar-refractivity contribution in [3.05, 3.63) is 352 Å². The van der Waals surface area contributed by atoms with E-state index in [1.807, 2.05) is 0 Å². The minimum atomic E-state index is 1.09. The third kappa shape index (κ3) is 9.25. The molecule has 0 atom stereocenters. The second-order valence-corrected chi connectivity index (χ2v) is 23.3. The lowest BCUT2D eigenvalue weighted by molar-refractivity contribution is 1.29. The first-order chi connectivity index (χ1) is 44.6. The summed E-state index contributed by atoms with van der Waals surface area (Å²) in [6.45, 7) is 0. The van der Waals surface area contributed by atoms with Gasteiger partial charge in [-0.15, -0.1) is 0 Å². The van der Waals surface area contributed by atoms with Crippen LogP contribution >= 0.6 is 0 Å². The Balaban J connectivity index is 0.746. The van der Waals surface area contributed by atoms with Crippen molar-refractivity contribution in [2.75, 3.05) is 19.6 Å². The summed E-state index contributed by atoms with van der Waals surface area (Å²) in [5, 5.41) is 19.2. The molecule has 0 saturated heterocycles. The van der Waals surface area contributed by atoms with Gasteiger partial charge in [-0.1, -0.05) is 218 Å². The van der Waals surface area contributed by atoms with Gasteiger partial charge in [0.2, 0.25) is 0 Å². The SMILES string of the molecule is c1ccc(N(c2ccccc2)c2ccc3c(ccc4cc(N(c5ccc6c(ccc7cc(N(c8ccc9c(ccc%10cc(N(c%11ccccc%11)c%11ccccc%11)ccc%109)c8)c8cccc9ccccc89)ccc76)c5)c5cccc6ccccc56)ccc43)c2)cc1.